The van der Waals surface area contributed by atoms with Crippen LogP contribution in [0.3, 0.4) is 0 Å². The Balaban J connectivity index is 2.69. The molecule has 0 saturated heterocycles. The molecular formula is C9H9ClN2O4S. The van der Waals surface area contributed by atoms with E-state index in [4.69, 9.17) is 11.6 Å². The van der Waals surface area contributed by atoms with E-state index in [1.165, 1.54) is 13.2 Å². The summed E-state index contributed by atoms with van der Waals surface area (Å²) in [6.45, 7) is 0. The first kappa shape index (κ1) is 13.5. The van der Waals surface area contributed by atoms with Gasteiger partial charge >= 0.3 is 12.0 Å². The van der Waals surface area contributed by atoms with Gasteiger partial charge in [-0.3, -0.25) is 10.1 Å². The van der Waals surface area contributed by atoms with Gasteiger partial charge in [-0.2, -0.15) is 0 Å². The molecule has 1 aromatic heterocycles. The van der Waals surface area contributed by atoms with Crippen LogP contribution in [0.1, 0.15) is 9.67 Å². The Kier molecular flexibility index (Phi) is 4.92. The van der Waals surface area contributed by atoms with Gasteiger partial charge in [-0.1, -0.05) is 0 Å². The van der Waals surface area contributed by atoms with E-state index in [0.29, 0.717) is 0 Å². The summed E-state index contributed by atoms with van der Waals surface area (Å²) in [6, 6.07) is 0.779. The van der Waals surface area contributed by atoms with Crippen molar-refractivity contribution in [2.45, 2.75) is 0 Å². The number of amides is 3. The van der Waals surface area contributed by atoms with Crippen LogP contribution in [0.15, 0.2) is 11.4 Å². The highest BCUT2D eigenvalue weighted by atomic mass is 35.5. The van der Waals surface area contributed by atoms with Gasteiger partial charge in [0.2, 0.25) is 5.91 Å². The smallest absolute Gasteiger partial charge is 0.350 e. The molecule has 0 fully saturated rings. The number of rotatable bonds is 3. The second-order valence-corrected chi connectivity index (χ2v) is 3.97. The van der Waals surface area contributed by atoms with Gasteiger partial charge in [0.15, 0.2) is 0 Å². The summed E-state index contributed by atoms with van der Waals surface area (Å²) in [4.78, 5) is 33.7. The Hall–Kier alpha value is -1.60. The molecule has 0 aliphatic carbocycles. The summed E-state index contributed by atoms with van der Waals surface area (Å²) >= 11 is 6.34. The third kappa shape index (κ3) is 3.72. The van der Waals surface area contributed by atoms with Gasteiger partial charge in [0, 0.05) is 0 Å². The zero-order chi connectivity index (χ0) is 12.8. The quantitative estimate of drug-likeness (QED) is 0.646. The summed E-state index contributed by atoms with van der Waals surface area (Å²) in [7, 11) is 1.24. The van der Waals surface area contributed by atoms with Crippen LogP contribution in [0.4, 0.5) is 10.5 Å². The topological polar surface area (TPSA) is 84.5 Å². The lowest BCUT2D eigenvalue weighted by atomic mass is 10.4. The van der Waals surface area contributed by atoms with Crippen LogP contribution in [0, 0.1) is 0 Å². The average Bonchev–Trinajstić information content (AvgIpc) is 2.75. The maximum atomic E-state index is 11.3. The molecule has 0 spiro atoms. The number of carbonyl (C=O) groups excluding carboxylic acids is 3. The molecule has 0 saturated carbocycles. The standard InChI is InChI=1S/C9H9ClN2O4S/c1-16-8(14)7-5(2-3-17-7)11-9(15)12-6(13)4-10/h2-3H,4H2,1H3,(H2,11,12,13,15). The van der Waals surface area contributed by atoms with E-state index in [-0.39, 0.29) is 16.4 Å². The molecule has 1 heterocycles. The number of nitrogens with one attached hydrogen (secondary N) is 2. The number of hydrogen-bond donors (Lipinski definition) is 2. The number of alkyl halides is 1. The van der Waals surface area contributed by atoms with Crippen molar-refractivity contribution in [2.24, 2.45) is 0 Å². The fourth-order valence-electron chi connectivity index (χ4n) is 0.972. The number of esters is 1. The number of halogens is 1. The molecule has 0 aliphatic heterocycles. The van der Waals surface area contributed by atoms with E-state index < -0.39 is 17.9 Å². The summed E-state index contributed by atoms with van der Waals surface area (Å²) in [5, 5.41) is 5.95. The molecule has 92 valence electrons. The van der Waals surface area contributed by atoms with Crippen LogP contribution in [-0.4, -0.2) is 30.9 Å². The Morgan fingerprint density at radius 2 is 2.18 bits per heavy atom. The molecule has 6 nitrogen and oxygen atoms in total. The van der Waals surface area contributed by atoms with E-state index in [2.05, 4.69) is 10.1 Å². The van der Waals surface area contributed by atoms with Crippen molar-refractivity contribution in [2.75, 3.05) is 18.3 Å². The molecule has 3 amide bonds. The monoisotopic (exact) mass is 276 g/mol. The minimum Gasteiger partial charge on any atom is -0.465 e. The van der Waals surface area contributed by atoms with Crippen molar-refractivity contribution in [3.8, 4) is 0 Å². The predicted octanol–water partition coefficient (Wildman–Crippen LogP) is 1.42. The Morgan fingerprint density at radius 3 is 2.76 bits per heavy atom. The van der Waals surface area contributed by atoms with Gasteiger partial charge < -0.3 is 10.1 Å². The number of imide groups is 1. The first-order valence-electron chi connectivity index (χ1n) is 4.41. The molecule has 8 heteroatoms. The Bertz CT molecular complexity index is 446. The molecule has 0 aliphatic rings. The maximum absolute atomic E-state index is 11.3. The van der Waals surface area contributed by atoms with Crippen LogP contribution < -0.4 is 10.6 Å². The lowest BCUT2D eigenvalue weighted by Gasteiger charge is -2.05. The SMILES string of the molecule is COC(=O)c1sccc1NC(=O)NC(=O)CCl. The number of urea groups is 1. The second kappa shape index (κ2) is 6.21. The van der Waals surface area contributed by atoms with Crippen molar-refractivity contribution in [1.82, 2.24) is 5.32 Å². The largest absolute Gasteiger partial charge is 0.465 e. The predicted molar refractivity (Wildman–Crippen MR) is 63.5 cm³/mol. The zero-order valence-corrected chi connectivity index (χ0v) is 10.4. The summed E-state index contributed by atoms with van der Waals surface area (Å²) < 4.78 is 4.53. The number of thiophene rings is 1. The number of ether oxygens (including phenoxy) is 1. The van der Waals surface area contributed by atoms with Crippen molar-refractivity contribution < 1.29 is 19.1 Å². The summed E-state index contributed by atoms with van der Waals surface area (Å²) in [5.41, 5.74) is 0.279. The van der Waals surface area contributed by atoms with Crippen LogP contribution in [0.2, 0.25) is 0 Å². The Labute approximate surface area is 106 Å². The third-order valence-electron chi connectivity index (χ3n) is 1.66. The van der Waals surface area contributed by atoms with Crippen molar-refractivity contribution >= 4 is 46.5 Å². The lowest BCUT2D eigenvalue weighted by molar-refractivity contribution is -0.117. The van der Waals surface area contributed by atoms with Crippen LogP contribution in [0.5, 0.6) is 0 Å². The minimum atomic E-state index is -0.751. The van der Waals surface area contributed by atoms with E-state index >= 15 is 0 Å². The maximum Gasteiger partial charge on any atom is 0.350 e. The highest BCUT2D eigenvalue weighted by Gasteiger charge is 2.16. The molecule has 0 bridgehead atoms. The molecule has 0 aromatic carbocycles. The highest BCUT2D eigenvalue weighted by Crippen LogP contribution is 2.22. The molecule has 1 aromatic rings. The normalized spacial score (nSPS) is 9.53. The van der Waals surface area contributed by atoms with Crippen LogP contribution >= 0.6 is 22.9 Å². The molecule has 0 unspecified atom stereocenters. The molecular weight excluding hydrogens is 268 g/mol. The summed E-state index contributed by atoms with van der Waals surface area (Å²) in [5.74, 6) is -1.50. The minimum absolute atomic E-state index is 0.251. The fraction of sp³-hybridized carbons (Fsp3) is 0.222. The first-order chi connectivity index (χ1) is 8.08. The number of methoxy groups -OCH3 is 1. The van der Waals surface area contributed by atoms with E-state index in [9.17, 15) is 14.4 Å². The Morgan fingerprint density at radius 1 is 1.47 bits per heavy atom. The van der Waals surface area contributed by atoms with E-state index in [1.807, 2.05) is 5.32 Å². The van der Waals surface area contributed by atoms with Crippen LogP contribution in [-0.2, 0) is 9.53 Å². The lowest BCUT2D eigenvalue weighted by Crippen LogP contribution is -2.35. The molecule has 2 N–H and O–H groups in total. The van der Waals surface area contributed by atoms with Gasteiger partial charge in [-0.15, -0.1) is 22.9 Å². The first-order valence-corrected chi connectivity index (χ1v) is 5.82. The van der Waals surface area contributed by atoms with Gasteiger partial charge in [0.05, 0.1) is 12.8 Å². The average molecular weight is 277 g/mol. The van der Waals surface area contributed by atoms with Crippen LogP contribution in [0.25, 0.3) is 0 Å². The number of hydrogen-bond acceptors (Lipinski definition) is 5. The van der Waals surface area contributed by atoms with Gasteiger partial charge in [-0.25, -0.2) is 9.59 Å². The highest BCUT2D eigenvalue weighted by molar-refractivity contribution is 7.12. The third-order valence-corrected chi connectivity index (χ3v) is 2.80. The zero-order valence-electron chi connectivity index (χ0n) is 8.78. The molecule has 0 radical (unpaired) electrons. The van der Waals surface area contributed by atoms with Gasteiger partial charge in [-0.05, 0) is 11.4 Å². The van der Waals surface area contributed by atoms with Gasteiger partial charge in [0.25, 0.3) is 0 Å². The molecule has 1 rings (SSSR count). The van der Waals surface area contributed by atoms with E-state index in [1.54, 1.807) is 5.38 Å². The second-order valence-electron chi connectivity index (χ2n) is 2.79. The molecule has 17 heavy (non-hydrogen) atoms. The van der Waals surface area contributed by atoms with E-state index in [0.717, 1.165) is 11.3 Å². The van der Waals surface area contributed by atoms with Crippen molar-refractivity contribution in [3.63, 3.8) is 0 Å². The van der Waals surface area contributed by atoms with Crippen molar-refractivity contribution in [1.29, 1.82) is 0 Å². The number of anilines is 1. The fourth-order valence-corrected chi connectivity index (χ4v) is 1.80. The number of carbonyl (C=O) groups is 3. The van der Waals surface area contributed by atoms with Gasteiger partial charge in [0.1, 0.15) is 10.8 Å². The summed E-state index contributed by atoms with van der Waals surface area (Å²) in [6.07, 6.45) is 0. The molecule has 0 atom stereocenters. The van der Waals surface area contributed by atoms with Crippen molar-refractivity contribution in [3.05, 3.63) is 16.3 Å².